The van der Waals surface area contributed by atoms with Crippen LogP contribution in [-0.2, 0) is 0 Å². The molecule has 2 rings (SSSR count). The molecule has 0 radical (unpaired) electrons. The number of rotatable bonds is 5. The predicted octanol–water partition coefficient (Wildman–Crippen LogP) is 1.82. The zero-order valence-electron chi connectivity index (χ0n) is 12.6. The Hall–Kier alpha value is -1.66. The van der Waals surface area contributed by atoms with Gasteiger partial charge in [-0.1, -0.05) is 31.4 Å². The standard InChI is InChI=1S/C16H24FN3O2/c17-13-6-4-5-12(9-13)14(21)10-19-15(22)20-11-16(18)7-2-1-3-8-16/h4-6,9,14,21H,1-3,7-8,10-11,18H2,(H2,19,20,22). The number of hydrogen-bond donors (Lipinski definition) is 4. The molecule has 1 aliphatic carbocycles. The topological polar surface area (TPSA) is 87.4 Å². The molecule has 22 heavy (non-hydrogen) atoms. The van der Waals surface area contributed by atoms with Crippen molar-refractivity contribution >= 4 is 6.03 Å². The van der Waals surface area contributed by atoms with Gasteiger partial charge in [-0.15, -0.1) is 0 Å². The first-order valence-electron chi connectivity index (χ1n) is 7.73. The molecule has 2 amide bonds. The number of amides is 2. The Morgan fingerprint density at radius 2 is 2.05 bits per heavy atom. The molecule has 0 saturated heterocycles. The SMILES string of the molecule is NC1(CNC(=O)NCC(O)c2cccc(F)c2)CCCCC1. The van der Waals surface area contributed by atoms with Gasteiger partial charge in [0.25, 0.3) is 0 Å². The lowest BCUT2D eigenvalue weighted by molar-refractivity contribution is 0.172. The van der Waals surface area contributed by atoms with Gasteiger partial charge in [-0.3, -0.25) is 0 Å². The molecular weight excluding hydrogens is 285 g/mol. The van der Waals surface area contributed by atoms with Crippen LogP contribution in [0.1, 0.15) is 43.8 Å². The van der Waals surface area contributed by atoms with Crippen molar-refractivity contribution in [2.75, 3.05) is 13.1 Å². The van der Waals surface area contributed by atoms with Gasteiger partial charge in [0.2, 0.25) is 0 Å². The van der Waals surface area contributed by atoms with Gasteiger partial charge in [-0.25, -0.2) is 9.18 Å². The normalized spacial score (nSPS) is 18.5. The number of carbonyl (C=O) groups excluding carboxylic acids is 1. The molecular formula is C16H24FN3O2. The van der Waals surface area contributed by atoms with Crippen molar-refractivity contribution in [2.24, 2.45) is 5.73 Å². The summed E-state index contributed by atoms with van der Waals surface area (Å²) >= 11 is 0. The Morgan fingerprint density at radius 3 is 2.73 bits per heavy atom. The van der Waals surface area contributed by atoms with Crippen molar-refractivity contribution in [3.05, 3.63) is 35.6 Å². The van der Waals surface area contributed by atoms with E-state index >= 15 is 0 Å². The number of halogens is 1. The van der Waals surface area contributed by atoms with Crippen LogP contribution in [-0.4, -0.2) is 29.8 Å². The molecule has 0 aromatic heterocycles. The van der Waals surface area contributed by atoms with Gasteiger partial charge in [0.1, 0.15) is 5.82 Å². The number of benzene rings is 1. The van der Waals surface area contributed by atoms with Crippen LogP contribution in [0.15, 0.2) is 24.3 Å². The molecule has 5 nitrogen and oxygen atoms in total. The molecule has 1 aromatic carbocycles. The molecule has 122 valence electrons. The van der Waals surface area contributed by atoms with Gasteiger partial charge in [0, 0.05) is 18.6 Å². The maximum Gasteiger partial charge on any atom is 0.314 e. The third kappa shape index (κ3) is 4.96. The van der Waals surface area contributed by atoms with Crippen molar-refractivity contribution in [1.29, 1.82) is 0 Å². The highest BCUT2D eigenvalue weighted by Crippen LogP contribution is 2.25. The smallest absolute Gasteiger partial charge is 0.314 e. The van der Waals surface area contributed by atoms with E-state index in [9.17, 15) is 14.3 Å². The van der Waals surface area contributed by atoms with E-state index in [1.54, 1.807) is 6.07 Å². The lowest BCUT2D eigenvalue weighted by atomic mass is 9.82. The summed E-state index contributed by atoms with van der Waals surface area (Å²) in [5.74, 6) is -0.414. The van der Waals surface area contributed by atoms with Crippen LogP contribution in [0.2, 0.25) is 0 Å². The maximum atomic E-state index is 13.1. The van der Waals surface area contributed by atoms with Crippen LogP contribution in [0.5, 0.6) is 0 Å². The summed E-state index contributed by atoms with van der Waals surface area (Å²) in [5.41, 5.74) is 6.35. The Bertz CT molecular complexity index is 504. The fraction of sp³-hybridized carbons (Fsp3) is 0.562. The summed E-state index contributed by atoms with van der Waals surface area (Å²) in [6.45, 7) is 0.446. The van der Waals surface area contributed by atoms with Gasteiger partial charge in [0.15, 0.2) is 0 Å². The van der Waals surface area contributed by atoms with Gasteiger partial charge in [-0.05, 0) is 30.5 Å². The molecule has 0 spiro atoms. The molecule has 1 aliphatic rings. The van der Waals surface area contributed by atoms with E-state index in [1.807, 2.05) is 0 Å². The molecule has 1 fully saturated rings. The summed E-state index contributed by atoms with van der Waals surface area (Å²) < 4.78 is 13.1. The lowest BCUT2D eigenvalue weighted by Crippen LogP contribution is -2.53. The largest absolute Gasteiger partial charge is 0.387 e. The molecule has 5 N–H and O–H groups in total. The van der Waals surface area contributed by atoms with Crippen LogP contribution >= 0.6 is 0 Å². The summed E-state index contributed by atoms with van der Waals surface area (Å²) in [7, 11) is 0. The van der Waals surface area contributed by atoms with E-state index in [1.165, 1.54) is 24.6 Å². The number of nitrogens with two attached hydrogens (primary N) is 1. The summed E-state index contributed by atoms with van der Waals surface area (Å²) in [5, 5.41) is 15.3. The Labute approximate surface area is 130 Å². The van der Waals surface area contributed by atoms with Gasteiger partial charge in [-0.2, -0.15) is 0 Å². The van der Waals surface area contributed by atoms with Crippen LogP contribution in [0.25, 0.3) is 0 Å². The van der Waals surface area contributed by atoms with E-state index < -0.39 is 11.9 Å². The average molecular weight is 309 g/mol. The van der Waals surface area contributed by atoms with Crippen molar-refractivity contribution in [3.63, 3.8) is 0 Å². The average Bonchev–Trinajstić information content (AvgIpc) is 2.51. The number of nitrogens with one attached hydrogen (secondary N) is 2. The van der Waals surface area contributed by atoms with Crippen molar-refractivity contribution in [1.82, 2.24) is 10.6 Å². The second kappa shape index (κ2) is 7.56. The van der Waals surface area contributed by atoms with Crippen molar-refractivity contribution in [2.45, 2.75) is 43.7 Å². The maximum absolute atomic E-state index is 13.1. The Kier molecular flexibility index (Phi) is 5.74. The number of carbonyl (C=O) groups is 1. The van der Waals surface area contributed by atoms with Crippen LogP contribution in [0, 0.1) is 5.82 Å². The van der Waals surface area contributed by atoms with Crippen molar-refractivity contribution < 1.29 is 14.3 Å². The number of hydrogen-bond acceptors (Lipinski definition) is 3. The summed E-state index contributed by atoms with van der Waals surface area (Å²) in [4.78, 5) is 11.8. The third-order valence-corrected chi connectivity index (χ3v) is 4.14. The molecule has 1 aromatic rings. The quantitative estimate of drug-likeness (QED) is 0.669. The minimum absolute atomic E-state index is 0.0207. The summed E-state index contributed by atoms with van der Waals surface area (Å²) in [6.07, 6.45) is 4.28. The second-order valence-corrected chi connectivity index (χ2v) is 6.06. The minimum atomic E-state index is -0.942. The molecule has 1 atom stereocenters. The monoisotopic (exact) mass is 309 g/mol. The Morgan fingerprint density at radius 1 is 1.32 bits per heavy atom. The predicted molar refractivity (Wildman–Crippen MR) is 82.8 cm³/mol. The highest BCUT2D eigenvalue weighted by Gasteiger charge is 2.27. The van der Waals surface area contributed by atoms with Gasteiger partial charge in [0.05, 0.1) is 6.10 Å². The molecule has 0 heterocycles. The molecule has 0 bridgehead atoms. The first-order valence-corrected chi connectivity index (χ1v) is 7.73. The van der Waals surface area contributed by atoms with Crippen LogP contribution in [0.3, 0.4) is 0 Å². The minimum Gasteiger partial charge on any atom is -0.387 e. The second-order valence-electron chi connectivity index (χ2n) is 6.06. The van der Waals surface area contributed by atoms with Crippen molar-refractivity contribution in [3.8, 4) is 0 Å². The third-order valence-electron chi connectivity index (χ3n) is 4.14. The molecule has 1 unspecified atom stereocenters. The molecule has 0 aliphatic heterocycles. The van der Waals surface area contributed by atoms with E-state index in [0.29, 0.717) is 12.1 Å². The first kappa shape index (κ1) is 16.7. The van der Waals surface area contributed by atoms with E-state index in [4.69, 9.17) is 5.73 Å². The Balaban J connectivity index is 1.73. The highest BCUT2D eigenvalue weighted by atomic mass is 19.1. The fourth-order valence-electron chi connectivity index (χ4n) is 2.77. The van der Waals surface area contributed by atoms with E-state index in [0.717, 1.165) is 25.7 Å². The molecule has 1 saturated carbocycles. The zero-order valence-corrected chi connectivity index (χ0v) is 12.6. The molecule has 6 heteroatoms. The number of urea groups is 1. The first-order chi connectivity index (χ1) is 10.5. The van der Waals surface area contributed by atoms with Crippen LogP contribution < -0.4 is 16.4 Å². The van der Waals surface area contributed by atoms with E-state index in [2.05, 4.69) is 10.6 Å². The van der Waals surface area contributed by atoms with Gasteiger partial charge < -0.3 is 21.5 Å². The van der Waals surface area contributed by atoms with Crippen LogP contribution in [0.4, 0.5) is 9.18 Å². The summed E-state index contributed by atoms with van der Waals surface area (Å²) in [6, 6.07) is 5.33. The number of aliphatic hydroxyl groups excluding tert-OH is 1. The zero-order chi connectivity index (χ0) is 16.0. The lowest BCUT2D eigenvalue weighted by Gasteiger charge is -2.33. The number of aliphatic hydroxyl groups is 1. The van der Waals surface area contributed by atoms with E-state index in [-0.39, 0.29) is 18.1 Å². The fourth-order valence-corrected chi connectivity index (χ4v) is 2.77. The highest BCUT2D eigenvalue weighted by molar-refractivity contribution is 5.73. The van der Waals surface area contributed by atoms with Gasteiger partial charge >= 0.3 is 6.03 Å².